The van der Waals surface area contributed by atoms with E-state index in [0.717, 1.165) is 11.0 Å². The first-order chi connectivity index (χ1) is 11.6. The third-order valence-corrected chi connectivity index (χ3v) is 4.50. The average molecular weight is 343 g/mol. The normalized spacial score (nSPS) is 13.3. The van der Waals surface area contributed by atoms with Crippen LogP contribution in [0.4, 0.5) is 0 Å². The summed E-state index contributed by atoms with van der Waals surface area (Å²) in [6, 6.07) is 14.2. The number of rotatable bonds is 7. The van der Waals surface area contributed by atoms with E-state index in [0.29, 0.717) is 5.76 Å². The second-order valence-electron chi connectivity index (χ2n) is 5.12. The highest BCUT2D eigenvalue weighted by atomic mass is 32.2. The molecule has 0 fully saturated rings. The van der Waals surface area contributed by atoms with E-state index in [1.807, 2.05) is 30.3 Å². The first-order valence-electron chi connectivity index (χ1n) is 7.39. The zero-order valence-corrected chi connectivity index (χ0v) is 13.6. The first kappa shape index (κ1) is 16.2. The zero-order chi connectivity index (χ0) is 16.8. The smallest absolute Gasteiger partial charge is 0.233 e. The van der Waals surface area contributed by atoms with Gasteiger partial charge < -0.3 is 4.42 Å². The summed E-state index contributed by atoms with van der Waals surface area (Å²) < 4.78 is 34.0. The Labute approximate surface area is 140 Å². The molecule has 0 spiro atoms. The van der Waals surface area contributed by atoms with Crippen molar-refractivity contribution in [1.82, 2.24) is 14.5 Å². The Morgan fingerprint density at radius 2 is 2.00 bits per heavy atom. The monoisotopic (exact) mass is 343 g/mol. The summed E-state index contributed by atoms with van der Waals surface area (Å²) in [5.41, 5.74) is 0.817. The van der Waals surface area contributed by atoms with E-state index in [1.54, 1.807) is 47.6 Å². The van der Waals surface area contributed by atoms with Gasteiger partial charge in [-0.05, 0) is 29.8 Å². The molecule has 0 saturated carbocycles. The number of sulfonamides is 1. The van der Waals surface area contributed by atoms with Crippen molar-refractivity contribution in [2.75, 3.05) is 6.54 Å². The molecule has 0 aliphatic heterocycles. The first-order valence-corrected chi connectivity index (χ1v) is 8.94. The Bertz CT molecular complexity index is 836. The van der Waals surface area contributed by atoms with Crippen molar-refractivity contribution in [2.24, 2.45) is 0 Å². The minimum Gasteiger partial charge on any atom is -0.467 e. The molecule has 0 radical (unpaired) electrons. The van der Waals surface area contributed by atoms with Crippen LogP contribution in [0, 0.1) is 0 Å². The Kier molecular flexibility index (Phi) is 4.93. The van der Waals surface area contributed by atoms with Gasteiger partial charge in [0.2, 0.25) is 10.0 Å². The number of benzene rings is 1. The van der Waals surface area contributed by atoms with E-state index in [-0.39, 0.29) is 12.6 Å². The second kappa shape index (κ2) is 7.29. The molecule has 1 N–H and O–H groups in total. The van der Waals surface area contributed by atoms with Crippen LogP contribution in [0.2, 0.25) is 0 Å². The summed E-state index contributed by atoms with van der Waals surface area (Å²) in [4.78, 5) is 0. The Balaban J connectivity index is 1.71. The molecule has 7 heteroatoms. The molecule has 3 rings (SSSR count). The van der Waals surface area contributed by atoms with Crippen molar-refractivity contribution < 1.29 is 12.8 Å². The molecule has 1 aromatic carbocycles. The molecule has 3 aromatic rings. The summed E-state index contributed by atoms with van der Waals surface area (Å²) in [6.07, 6.45) is 6.51. The summed E-state index contributed by atoms with van der Waals surface area (Å²) in [5.74, 6) is 0.633. The molecule has 1 unspecified atom stereocenters. The fraction of sp³-hybridized carbons (Fsp3) is 0.118. The van der Waals surface area contributed by atoms with Gasteiger partial charge in [0.05, 0.1) is 6.26 Å². The van der Waals surface area contributed by atoms with E-state index in [2.05, 4.69) is 9.82 Å². The van der Waals surface area contributed by atoms with Crippen molar-refractivity contribution in [2.45, 2.75) is 6.04 Å². The van der Waals surface area contributed by atoms with Gasteiger partial charge in [0.15, 0.2) is 0 Å². The Hall–Kier alpha value is -2.64. The van der Waals surface area contributed by atoms with Crippen LogP contribution in [-0.4, -0.2) is 24.7 Å². The fourth-order valence-corrected chi connectivity index (χ4v) is 3.07. The fourth-order valence-electron chi connectivity index (χ4n) is 2.25. The molecule has 0 aliphatic carbocycles. The summed E-state index contributed by atoms with van der Waals surface area (Å²) >= 11 is 0. The SMILES string of the molecule is O=S(=O)(/C=C/c1ccccc1)NCC(c1ccco1)n1cccn1. The highest BCUT2D eigenvalue weighted by Crippen LogP contribution is 2.17. The lowest BCUT2D eigenvalue weighted by Gasteiger charge is -2.15. The lowest BCUT2D eigenvalue weighted by atomic mass is 10.2. The van der Waals surface area contributed by atoms with E-state index in [9.17, 15) is 8.42 Å². The maximum atomic E-state index is 12.2. The number of hydrogen-bond donors (Lipinski definition) is 1. The molecule has 0 amide bonds. The zero-order valence-electron chi connectivity index (χ0n) is 12.8. The number of hydrogen-bond acceptors (Lipinski definition) is 4. The van der Waals surface area contributed by atoms with E-state index in [4.69, 9.17) is 4.42 Å². The van der Waals surface area contributed by atoms with Crippen LogP contribution in [-0.2, 0) is 10.0 Å². The standard InChI is InChI=1S/C17H17N3O3S/c21-24(22,13-9-15-6-2-1-3-7-15)19-14-16(17-8-4-12-23-17)20-11-5-10-18-20/h1-13,16,19H,14H2/b13-9+. The number of aromatic nitrogens is 2. The van der Waals surface area contributed by atoms with Crippen LogP contribution in [0.3, 0.4) is 0 Å². The lowest BCUT2D eigenvalue weighted by Crippen LogP contribution is -2.30. The minimum absolute atomic E-state index is 0.136. The van der Waals surface area contributed by atoms with Crippen LogP contribution in [0.15, 0.2) is 77.0 Å². The molecular weight excluding hydrogens is 326 g/mol. The highest BCUT2D eigenvalue weighted by molar-refractivity contribution is 7.92. The van der Waals surface area contributed by atoms with Crippen LogP contribution in [0.25, 0.3) is 6.08 Å². The van der Waals surface area contributed by atoms with Crippen LogP contribution in [0.1, 0.15) is 17.4 Å². The number of nitrogens with zero attached hydrogens (tertiary/aromatic N) is 2. The minimum atomic E-state index is -3.57. The topological polar surface area (TPSA) is 77.1 Å². The molecule has 124 valence electrons. The summed E-state index contributed by atoms with van der Waals surface area (Å²) in [6.45, 7) is 0.136. The molecule has 2 heterocycles. The third kappa shape index (κ3) is 4.21. The van der Waals surface area contributed by atoms with Crippen LogP contribution < -0.4 is 4.72 Å². The average Bonchev–Trinajstić information content (AvgIpc) is 3.28. The van der Waals surface area contributed by atoms with Gasteiger partial charge in [0.25, 0.3) is 0 Å². The number of nitrogens with one attached hydrogen (secondary N) is 1. The van der Waals surface area contributed by atoms with Gasteiger partial charge in [-0.1, -0.05) is 30.3 Å². The van der Waals surface area contributed by atoms with Gasteiger partial charge in [-0.2, -0.15) is 5.10 Å². The molecule has 6 nitrogen and oxygen atoms in total. The molecule has 2 aromatic heterocycles. The Morgan fingerprint density at radius 1 is 1.17 bits per heavy atom. The second-order valence-corrected chi connectivity index (χ2v) is 6.78. The van der Waals surface area contributed by atoms with Crippen molar-refractivity contribution in [3.05, 3.63) is 83.9 Å². The van der Waals surface area contributed by atoms with E-state index >= 15 is 0 Å². The largest absolute Gasteiger partial charge is 0.467 e. The van der Waals surface area contributed by atoms with Gasteiger partial charge in [-0.15, -0.1) is 0 Å². The molecule has 24 heavy (non-hydrogen) atoms. The van der Waals surface area contributed by atoms with Crippen molar-refractivity contribution in [3.63, 3.8) is 0 Å². The number of furan rings is 1. The molecular formula is C17H17N3O3S. The summed E-state index contributed by atoms with van der Waals surface area (Å²) in [5, 5.41) is 5.33. The lowest BCUT2D eigenvalue weighted by molar-refractivity contribution is 0.403. The molecule has 0 bridgehead atoms. The van der Waals surface area contributed by atoms with Gasteiger partial charge >= 0.3 is 0 Å². The van der Waals surface area contributed by atoms with Gasteiger partial charge in [-0.3, -0.25) is 4.68 Å². The van der Waals surface area contributed by atoms with Gasteiger partial charge in [0.1, 0.15) is 11.8 Å². The molecule has 0 aliphatic rings. The summed E-state index contributed by atoms with van der Waals surface area (Å²) in [7, 11) is -3.57. The van der Waals surface area contributed by atoms with Crippen LogP contribution in [0.5, 0.6) is 0 Å². The third-order valence-electron chi connectivity index (χ3n) is 3.43. The van der Waals surface area contributed by atoms with Crippen LogP contribution >= 0.6 is 0 Å². The predicted octanol–water partition coefficient (Wildman–Crippen LogP) is 2.66. The maximum Gasteiger partial charge on any atom is 0.233 e. The maximum absolute atomic E-state index is 12.2. The Morgan fingerprint density at radius 3 is 2.67 bits per heavy atom. The van der Waals surface area contributed by atoms with E-state index < -0.39 is 10.0 Å². The van der Waals surface area contributed by atoms with Gasteiger partial charge in [-0.25, -0.2) is 13.1 Å². The highest BCUT2D eigenvalue weighted by Gasteiger charge is 2.19. The van der Waals surface area contributed by atoms with Crippen molar-refractivity contribution in [3.8, 4) is 0 Å². The van der Waals surface area contributed by atoms with Gasteiger partial charge in [0, 0.05) is 24.3 Å². The van der Waals surface area contributed by atoms with Crippen molar-refractivity contribution >= 4 is 16.1 Å². The molecule has 0 saturated heterocycles. The quantitative estimate of drug-likeness (QED) is 0.715. The predicted molar refractivity (Wildman–Crippen MR) is 91.5 cm³/mol. The molecule has 1 atom stereocenters. The van der Waals surface area contributed by atoms with E-state index in [1.165, 1.54) is 0 Å². The van der Waals surface area contributed by atoms with Crippen molar-refractivity contribution in [1.29, 1.82) is 0 Å².